The molecule has 6 heteroatoms. The number of carbonyl (C=O) groups excluding carboxylic acids is 1. The number of carbonyl (C=O) groups is 1. The van der Waals surface area contributed by atoms with Crippen molar-refractivity contribution in [3.63, 3.8) is 0 Å². The number of unbranched alkanes of at least 4 members (excludes halogenated alkanes) is 1. The lowest BCUT2D eigenvalue weighted by Gasteiger charge is -2.35. The Labute approximate surface area is 175 Å². The van der Waals surface area contributed by atoms with Gasteiger partial charge in [-0.2, -0.15) is 0 Å². The standard InChI is InChI=1S/C23H37N3O3/c1-2-3-11-24-23(28)17-26-14-12-25(13-15-26)16-20(27)18-29-22-10-6-8-19-7-4-5-9-21(19)22/h4-5,7,9,20,22,27H,2-3,6,8,10-18H2,1H3,(H,24,28)/t20-,22-/m0/s1. The van der Waals surface area contributed by atoms with Crippen LogP contribution in [0.3, 0.4) is 0 Å². The fourth-order valence-electron chi connectivity index (χ4n) is 4.25. The molecule has 2 aliphatic rings. The molecule has 1 saturated heterocycles. The molecule has 1 fully saturated rings. The first kappa shape index (κ1) is 22.2. The van der Waals surface area contributed by atoms with Gasteiger partial charge in [0.1, 0.15) is 0 Å². The lowest BCUT2D eigenvalue weighted by Crippen LogP contribution is -2.51. The van der Waals surface area contributed by atoms with Crippen LogP contribution in [0.4, 0.5) is 0 Å². The second kappa shape index (κ2) is 11.6. The van der Waals surface area contributed by atoms with Crippen molar-refractivity contribution in [1.82, 2.24) is 15.1 Å². The second-order valence-electron chi connectivity index (χ2n) is 8.35. The molecule has 6 nitrogen and oxygen atoms in total. The third-order valence-corrected chi connectivity index (χ3v) is 5.96. The number of β-amino-alcohol motifs (C(OH)–C–C–N with tert-alkyl or cyclic N) is 1. The highest BCUT2D eigenvalue weighted by Gasteiger charge is 2.23. The molecule has 162 valence electrons. The molecule has 3 rings (SSSR count). The van der Waals surface area contributed by atoms with Crippen molar-refractivity contribution < 1.29 is 14.6 Å². The smallest absolute Gasteiger partial charge is 0.234 e. The minimum absolute atomic E-state index is 0.109. The third kappa shape index (κ3) is 7.07. The fourth-order valence-corrected chi connectivity index (χ4v) is 4.25. The molecule has 0 unspecified atom stereocenters. The zero-order chi connectivity index (χ0) is 20.5. The Hall–Kier alpha value is -1.47. The highest BCUT2D eigenvalue weighted by atomic mass is 16.5. The number of fused-ring (bicyclic) bond motifs is 1. The number of benzene rings is 1. The second-order valence-corrected chi connectivity index (χ2v) is 8.35. The van der Waals surface area contributed by atoms with E-state index in [1.54, 1.807) is 0 Å². The molecule has 1 aromatic rings. The summed E-state index contributed by atoms with van der Waals surface area (Å²) >= 11 is 0. The van der Waals surface area contributed by atoms with Crippen LogP contribution in [0.1, 0.15) is 49.8 Å². The topological polar surface area (TPSA) is 65.0 Å². The Bertz CT molecular complexity index is 632. The molecule has 0 radical (unpaired) electrons. The molecule has 0 spiro atoms. The number of rotatable bonds is 10. The van der Waals surface area contributed by atoms with E-state index in [4.69, 9.17) is 4.74 Å². The Morgan fingerprint density at radius 3 is 2.79 bits per heavy atom. The molecule has 2 N–H and O–H groups in total. The molecule has 2 atom stereocenters. The minimum atomic E-state index is -0.479. The molecular weight excluding hydrogens is 366 g/mol. The van der Waals surface area contributed by atoms with Crippen LogP contribution in [0.2, 0.25) is 0 Å². The molecule has 1 aliphatic carbocycles. The van der Waals surface area contributed by atoms with E-state index >= 15 is 0 Å². The van der Waals surface area contributed by atoms with Crippen LogP contribution in [0, 0.1) is 0 Å². The predicted octanol–water partition coefficient (Wildman–Crippen LogP) is 1.98. The summed E-state index contributed by atoms with van der Waals surface area (Å²) in [7, 11) is 0. The Morgan fingerprint density at radius 1 is 1.24 bits per heavy atom. The summed E-state index contributed by atoms with van der Waals surface area (Å²) in [6, 6.07) is 8.50. The van der Waals surface area contributed by atoms with Gasteiger partial charge in [-0.1, -0.05) is 37.6 Å². The van der Waals surface area contributed by atoms with E-state index in [1.165, 1.54) is 11.1 Å². The highest BCUT2D eigenvalue weighted by molar-refractivity contribution is 5.77. The molecule has 0 bridgehead atoms. The van der Waals surface area contributed by atoms with Gasteiger partial charge in [0, 0.05) is 39.3 Å². The number of aliphatic hydroxyl groups excluding tert-OH is 1. The monoisotopic (exact) mass is 403 g/mol. The Morgan fingerprint density at radius 2 is 2.00 bits per heavy atom. The molecule has 1 heterocycles. The molecule has 0 saturated carbocycles. The number of piperazine rings is 1. The Kier molecular flexibility index (Phi) is 8.92. The van der Waals surface area contributed by atoms with Crippen LogP contribution in [0.5, 0.6) is 0 Å². The first-order valence-corrected chi connectivity index (χ1v) is 11.2. The maximum atomic E-state index is 11.9. The largest absolute Gasteiger partial charge is 0.389 e. The molecule has 1 aromatic carbocycles. The number of hydrogen-bond acceptors (Lipinski definition) is 5. The van der Waals surface area contributed by atoms with Gasteiger partial charge >= 0.3 is 0 Å². The van der Waals surface area contributed by atoms with Gasteiger partial charge in [0.15, 0.2) is 0 Å². The van der Waals surface area contributed by atoms with Crippen molar-refractivity contribution in [1.29, 1.82) is 0 Å². The first-order chi connectivity index (χ1) is 14.2. The van der Waals surface area contributed by atoms with Gasteiger partial charge in [0.2, 0.25) is 5.91 Å². The van der Waals surface area contributed by atoms with Gasteiger partial charge in [0.05, 0.1) is 25.4 Å². The van der Waals surface area contributed by atoms with Crippen molar-refractivity contribution in [2.75, 3.05) is 52.4 Å². The van der Waals surface area contributed by atoms with Crippen molar-refractivity contribution in [3.05, 3.63) is 35.4 Å². The predicted molar refractivity (Wildman–Crippen MR) is 115 cm³/mol. The van der Waals surface area contributed by atoms with Crippen molar-refractivity contribution in [2.45, 2.75) is 51.2 Å². The highest BCUT2D eigenvalue weighted by Crippen LogP contribution is 2.32. The van der Waals surface area contributed by atoms with Crippen LogP contribution < -0.4 is 5.32 Å². The lowest BCUT2D eigenvalue weighted by molar-refractivity contribution is -0.122. The van der Waals surface area contributed by atoms with Crippen LogP contribution in [-0.4, -0.2) is 79.3 Å². The average Bonchev–Trinajstić information content (AvgIpc) is 2.74. The zero-order valence-electron chi connectivity index (χ0n) is 17.8. The zero-order valence-corrected chi connectivity index (χ0v) is 17.8. The van der Waals surface area contributed by atoms with E-state index < -0.39 is 6.10 Å². The van der Waals surface area contributed by atoms with E-state index in [0.29, 0.717) is 19.7 Å². The molecule has 1 amide bonds. The van der Waals surface area contributed by atoms with Crippen molar-refractivity contribution in [2.24, 2.45) is 0 Å². The molecular formula is C23H37N3O3. The quantitative estimate of drug-likeness (QED) is 0.585. The number of aliphatic hydroxyl groups is 1. The Balaban J connectivity index is 1.33. The van der Waals surface area contributed by atoms with E-state index in [0.717, 1.165) is 64.8 Å². The summed E-state index contributed by atoms with van der Waals surface area (Å²) in [5.41, 5.74) is 2.67. The van der Waals surface area contributed by atoms with Gasteiger partial charge in [0.25, 0.3) is 0 Å². The lowest BCUT2D eigenvalue weighted by atomic mass is 9.89. The van der Waals surface area contributed by atoms with Crippen molar-refractivity contribution in [3.8, 4) is 0 Å². The summed E-state index contributed by atoms with van der Waals surface area (Å²) in [4.78, 5) is 16.4. The van der Waals surface area contributed by atoms with Gasteiger partial charge in [-0.25, -0.2) is 0 Å². The van der Waals surface area contributed by atoms with Gasteiger partial charge in [-0.3, -0.25) is 14.6 Å². The number of amides is 1. The van der Waals surface area contributed by atoms with Crippen LogP contribution in [-0.2, 0) is 16.0 Å². The molecule has 1 aliphatic heterocycles. The number of hydrogen-bond donors (Lipinski definition) is 2. The summed E-state index contributed by atoms with van der Waals surface area (Å²) in [6.07, 6.45) is 5.06. The number of ether oxygens (including phenoxy) is 1. The van der Waals surface area contributed by atoms with Crippen LogP contribution >= 0.6 is 0 Å². The summed E-state index contributed by atoms with van der Waals surface area (Å²) in [5, 5.41) is 13.4. The van der Waals surface area contributed by atoms with Crippen LogP contribution in [0.15, 0.2) is 24.3 Å². The fraction of sp³-hybridized carbons (Fsp3) is 0.696. The average molecular weight is 404 g/mol. The maximum Gasteiger partial charge on any atom is 0.234 e. The minimum Gasteiger partial charge on any atom is -0.389 e. The third-order valence-electron chi connectivity index (χ3n) is 5.96. The molecule has 0 aromatic heterocycles. The van der Waals surface area contributed by atoms with Gasteiger partial charge in [-0.05, 0) is 36.8 Å². The van der Waals surface area contributed by atoms with E-state index in [-0.39, 0.29) is 12.0 Å². The summed E-state index contributed by atoms with van der Waals surface area (Å²) in [5.74, 6) is 0.119. The number of nitrogens with zero attached hydrogens (tertiary/aromatic N) is 2. The number of aryl methyl sites for hydroxylation is 1. The van der Waals surface area contributed by atoms with E-state index in [9.17, 15) is 9.90 Å². The number of nitrogens with one attached hydrogen (secondary N) is 1. The van der Waals surface area contributed by atoms with E-state index in [1.807, 2.05) is 0 Å². The first-order valence-electron chi connectivity index (χ1n) is 11.2. The van der Waals surface area contributed by atoms with E-state index in [2.05, 4.69) is 46.3 Å². The van der Waals surface area contributed by atoms with Gasteiger partial charge in [-0.15, -0.1) is 0 Å². The maximum absolute atomic E-state index is 11.9. The summed E-state index contributed by atoms with van der Waals surface area (Å²) in [6.45, 7) is 7.87. The SMILES string of the molecule is CCCCNC(=O)CN1CCN(C[C@H](O)CO[C@H]2CCCc3ccccc32)CC1. The van der Waals surface area contributed by atoms with Crippen LogP contribution in [0.25, 0.3) is 0 Å². The normalized spacial score (nSPS) is 21.5. The van der Waals surface area contributed by atoms with Crippen molar-refractivity contribution >= 4 is 5.91 Å². The summed E-state index contributed by atoms with van der Waals surface area (Å²) < 4.78 is 6.09. The van der Waals surface area contributed by atoms with Gasteiger partial charge < -0.3 is 15.2 Å². The molecule has 29 heavy (non-hydrogen) atoms.